The fourth-order valence-corrected chi connectivity index (χ4v) is 2.51. The van der Waals surface area contributed by atoms with Crippen LogP contribution in [0.25, 0.3) is 0 Å². The van der Waals surface area contributed by atoms with Crippen LogP contribution in [0.2, 0.25) is 0 Å². The van der Waals surface area contributed by atoms with E-state index in [2.05, 4.69) is 0 Å². The van der Waals surface area contributed by atoms with Crippen LogP contribution in [0.4, 0.5) is 0 Å². The molecule has 4 nitrogen and oxygen atoms in total. The molecule has 0 radical (unpaired) electrons. The second-order valence-electron chi connectivity index (χ2n) is 4.52. The van der Waals surface area contributed by atoms with E-state index in [4.69, 9.17) is 5.11 Å². The van der Waals surface area contributed by atoms with E-state index in [1.807, 2.05) is 12.2 Å². The summed E-state index contributed by atoms with van der Waals surface area (Å²) in [5, 5.41) is 9.09. The second-order valence-corrected chi connectivity index (χ2v) is 4.52. The van der Waals surface area contributed by atoms with Gasteiger partial charge in [0, 0.05) is 12.5 Å². The molecule has 0 aromatic carbocycles. The normalized spacial score (nSPS) is 26.0. The Hall–Kier alpha value is -1.32. The Morgan fingerprint density at radius 2 is 1.88 bits per heavy atom. The van der Waals surface area contributed by atoms with E-state index in [9.17, 15) is 9.59 Å². The largest absolute Gasteiger partial charge is 0.480 e. The molecule has 16 heavy (non-hydrogen) atoms. The van der Waals surface area contributed by atoms with Crippen LogP contribution in [-0.2, 0) is 9.59 Å². The van der Waals surface area contributed by atoms with Gasteiger partial charge in [0.1, 0.15) is 6.04 Å². The summed E-state index contributed by atoms with van der Waals surface area (Å²) in [7, 11) is 0. The Balaban J connectivity index is 2.04. The minimum Gasteiger partial charge on any atom is -0.480 e. The standard InChI is InChI=1S/C12H17NO3/c14-11(9-5-1-2-6-9)13-8-4-3-7-10(13)12(15)16/h1-2,9-10H,3-8H2,(H,15,16)/t10-/m0/s1. The maximum absolute atomic E-state index is 12.1. The van der Waals surface area contributed by atoms with E-state index in [0.29, 0.717) is 13.0 Å². The van der Waals surface area contributed by atoms with E-state index in [1.165, 1.54) is 0 Å². The highest BCUT2D eigenvalue weighted by atomic mass is 16.4. The van der Waals surface area contributed by atoms with Crippen molar-refractivity contribution in [2.45, 2.75) is 38.1 Å². The number of nitrogens with zero attached hydrogens (tertiary/aromatic N) is 1. The summed E-state index contributed by atoms with van der Waals surface area (Å²) >= 11 is 0. The Labute approximate surface area is 94.9 Å². The minimum atomic E-state index is -0.862. The van der Waals surface area contributed by atoms with E-state index in [-0.39, 0.29) is 11.8 Å². The first-order valence-electron chi connectivity index (χ1n) is 5.88. The van der Waals surface area contributed by atoms with Gasteiger partial charge in [-0.2, -0.15) is 0 Å². The highest BCUT2D eigenvalue weighted by Crippen LogP contribution is 2.25. The van der Waals surface area contributed by atoms with Crippen molar-refractivity contribution >= 4 is 11.9 Å². The monoisotopic (exact) mass is 223 g/mol. The van der Waals surface area contributed by atoms with E-state index < -0.39 is 12.0 Å². The molecule has 4 heteroatoms. The van der Waals surface area contributed by atoms with Gasteiger partial charge in [-0.3, -0.25) is 4.79 Å². The molecule has 0 aromatic heterocycles. The SMILES string of the molecule is O=C(O)[C@@H]1CCCCN1C(=O)C1CC=CC1. The van der Waals surface area contributed by atoms with Crippen molar-refractivity contribution in [3.05, 3.63) is 12.2 Å². The number of rotatable bonds is 2. The summed E-state index contributed by atoms with van der Waals surface area (Å²) in [6, 6.07) is -0.596. The van der Waals surface area contributed by atoms with Crippen molar-refractivity contribution in [3.8, 4) is 0 Å². The summed E-state index contributed by atoms with van der Waals surface area (Å²) in [4.78, 5) is 24.8. The molecule has 2 rings (SSSR count). The number of hydrogen-bond acceptors (Lipinski definition) is 2. The summed E-state index contributed by atoms with van der Waals surface area (Å²) in [6.45, 7) is 0.603. The number of likely N-dealkylation sites (tertiary alicyclic amines) is 1. The lowest BCUT2D eigenvalue weighted by Gasteiger charge is -2.34. The van der Waals surface area contributed by atoms with Gasteiger partial charge in [-0.1, -0.05) is 12.2 Å². The molecule has 1 N–H and O–H groups in total. The van der Waals surface area contributed by atoms with Crippen molar-refractivity contribution in [1.82, 2.24) is 4.90 Å². The molecule has 0 spiro atoms. The van der Waals surface area contributed by atoms with Crippen LogP contribution in [0.1, 0.15) is 32.1 Å². The average molecular weight is 223 g/mol. The van der Waals surface area contributed by atoms with Gasteiger partial charge in [-0.05, 0) is 32.1 Å². The lowest BCUT2D eigenvalue weighted by atomic mass is 9.98. The van der Waals surface area contributed by atoms with Gasteiger partial charge in [0.2, 0.25) is 5.91 Å². The number of hydrogen-bond donors (Lipinski definition) is 1. The second kappa shape index (κ2) is 4.68. The average Bonchev–Trinajstić information content (AvgIpc) is 2.81. The molecule has 1 aliphatic heterocycles. The fourth-order valence-electron chi connectivity index (χ4n) is 2.51. The van der Waals surface area contributed by atoms with Gasteiger partial charge in [0.25, 0.3) is 0 Å². The molecule has 0 saturated carbocycles. The zero-order chi connectivity index (χ0) is 11.5. The topological polar surface area (TPSA) is 57.6 Å². The highest BCUT2D eigenvalue weighted by Gasteiger charge is 2.35. The minimum absolute atomic E-state index is 0.0139. The van der Waals surface area contributed by atoms with Crippen LogP contribution in [-0.4, -0.2) is 34.5 Å². The molecule has 0 aromatic rings. The maximum Gasteiger partial charge on any atom is 0.326 e. The van der Waals surface area contributed by atoms with Gasteiger partial charge in [0.15, 0.2) is 0 Å². The number of carbonyl (C=O) groups excluding carboxylic acids is 1. The number of carboxylic acid groups (broad SMARTS) is 1. The van der Waals surface area contributed by atoms with Crippen LogP contribution < -0.4 is 0 Å². The van der Waals surface area contributed by atoms with Gasteiger partial charge >= 0.3 is 5.97 Å². The highest BCUT2D eigenvalue weighted by molar-refractivity contribution is 5.85. The van der Waals surface area contributed by atoms with Gasteiger partial charge < -0.3 is 10.0 Å². The third-order valence-corrected chi connectivity index (χ3v) is 3.43. The predicted octanol–water partition coefficient (Wildman–Crippen LogP) is 1.42. The van der Waals surface area contributed by atoms with Crippen LogP contribution in [0.3, 0.4) is 0 Å². The smallest absolute Gasteiger partial charge is 0.326 e. The summed E-state index contributed by atoms with van der Waals surface area (Å²) < 4.78 is 0. The zero-order valence-corrected chi connectivity index (χ0v) is 9.26. The van der Waals surface area contributed by atoms with Crippen molar-refractivity contribution in [2.75, 3.05) is 6.54 Å². The third kappa shape index (κ3) is 2.10. The van der Waals surface area contributed by atoms with Gasteiger partial charge in [-0.25, -0.2) is 4.79 Å². The first-order valence-corrected chi connectivity index (χ1v) is 5.88. The van der Waals surface area contributed by atoms with Crippen molar-refractivity contribution in [2.24, 2.45) is 5.92 Å². The quantitative estimate of drug-likeness (QED) is 0.720. The third-order valence-electron chi connectivity index (χ3n) is 3.43. The lowest BCUT2D eigenvalue weighted by Crippen LogP contribution is -2.49. The Morgan fingerprint density at radius 3 is 2.50 bits per heavy atom. The van der Waals surface area contributed by atoms with Crippen molar-refractivity contribution in [3.63, 3.8) is 0 Å². The van der Waals surface area contributed by atoms with Crippen LogP contribution in [0.5, 0.6) is 0 Å². The molecular weight excluding hydrogens is 206 g/mol. The maximum atomic E-state index is 12.1. The summed E-state index contributed by atoms with van der Waals surface area (Å²) in [6.07, 6.45) is 7.97. The molecule has 0 unspecified atom stereocenters. The number of amides is 1. The predicted molar refractivity (Wildman–Crippen MR) is 58.9 cm³/mol. The van der Waals surface area contributed by atoms with Crippen molar-refractivity contribution in [1.29, 1.82) is 0 Å². The molecule has 1 atom stereocenters. The van der Waals surface area contributed by atoms with Crippen LogP contribution >= 0.6 is 0 Å². The number of allylic oxidation sites excluding steroid dienone is 2. The Kier molecular flexibility index (Phi) is 3.27. The van der Waals surface area contributed by atoms with E-state index in [1.54, 1.807) is 4.90 Å². The molecule has 1 heterocycles. The summed E-state index contributed by atoms with van der Waals surface area (Å²) in [5.74, 6) is -0.851. The van der Waals surface area contributed by atoms with Crippen LogP contribution in [0, 0.1) is 5.92 Å². The van der Waals surface area contributed by atoms with Gasteiger partial charge in [-0.15, -0.1) is 0 Å². The first kappa shape index (κ1) is 11.2. The number of aliphatic carboxylic acids is 1. The van der Waals surface area contributed by atoms with Crippen LogP contribution in [0.15, 0.2) is 12.2 Å². The lowest BCUT2D eigenvalue weighted by molar-refractivity contribution is -0.153. The first-order chi connectivity index (χ1) is 7.70. The summed E-state index contributed by atoms with van der Waals surface area (Å²) in [5.41, 5.74) is 0. The molecule has 1 fully saturated rings. The molecule has 0 bridgehead atoms. The molecule has 1 saturated heterocycles. The Morgan fingerprint density at radius 1 is 1.19 bits per heavy atom. The molecule has 2 aliphatic rings. The molecule has 88 valence electrons. The Bertz CT molecular complexity index is 316. The molecule has 1 amide bonds. The molecule has 1 aliphatic carbocycles. The van der Waals surface area contributed by atoms with E-state index >= 15 is 0 Å². The number of carbonyl (C=O) groups is 2. The number of piperidine rings is 1. The zero-order valence-electron chi connectivity index (χ0n) is 9.26. The van der Waals surface area contributed by atoms with Crippen molar-refractivity contribution < 1.29 is 14.7 Å². The fraction of sp³-hybridized carbons (Fsp3) is 0.667. The number of carboxylic acids is 1. The van der Waals surface area contributed by atoms with Gasteiger partial charge in [0.05, 0.1) is 0 Å². The molecular formula is C12H17NO3. The van der Waals surface area contributed by atoms with E-state index in [0.717, 1.165) is 25.7 Å².